The molecular formula is C13H20N4O2. The smallest absolute Gasteiger partial charge is 0.251 e. The first kappa shape index (κ1) is 14.9. The summed E-state index contributed by atoms with van der Waals surface area (Å²) < 4.78 is 0. The Hall–Kier alpha value is -2.11. The van der Waals surface area contributed by atoms with Crippen LogP contribution in [0, 0.1) is 0 Å². The number of aryl methyl sites for hydroxylation is 1. The van der Waals surface area contributed by atoms with Gasteiger partial charge in [0.2, 0.25) is 5.91 Å². The van der Waals surface area contributed by atoms with Crippen molar-refractivity contribution >= 4 is 17.6 Å². The molecule has 0 fully saturated rings. The van der Waals surface area contributed by atoms with Gasteiger partial charge >= 0.3 is 0 Å². The average Bonchev–Trinajstić information content (AvgIpc) is 2.44. The first-order valence-electron chi connectivity index (χ1n) is 6.34. The molecule has 0 aliphatic rings. The molecule has 0 unspecified atom stereocenters. The van der Waals surface area contributed by atoms with Crippen molar-refractivity contribution in [3.63, 3.8) is 0 Å². The van der Waals surface area contributed by atoms with E-state index in [9.17, 15) is 9.59 Å². The number of rotatable bonds is 6. The maximum atomic E-state index is 11.9. The topological polar surface area (TPSA) is 83.1 Å². The van der Waals surface area contributed by atoms with E-state index in [1.54, 1.807) is 19.2 Å². The van der Waals surface area contributed by atoms with Gasteiger partial charge in [-0.25, -0.2) is 4.98 Å². The number of amides is 2. The molecule has 0 aliphatic carbocycles. The van der Waals surface area contributed by atoms with E-state index in [4.69, 9.17) is 0 Å². The number of anilines is 1. The van der Waals surface area contributed by atoms with Crippen molar-refractivity contribution in [2.24, 2.45) is 0 Å². The highest BCUT2D eigenvalue weighted by Crippen LogP contribution is 2.10. The third kappa shape index (κ3) is 4.57. The van der Waals surface area contributed by atoms with E-state index in [1.807, 2.05) is 13.8 Å². The van der Waals surface area contributed by atoms with E-state index < -0.39 is 0 Å². The number of likely N-dealkylation sites (N-methyl/N-ethyl adjacent to an activating group) is 1. The predicted octanol–water partition coefficient (Wildman–Crippen LogP) is 0.552. The largest absolute Gasteiger partial charge is 0.373 e. The van der Waals surface area contributed by atoms with Gasteiger partial charge in [0.15, 0.2) is 0 Å². The van der Waals surface area contributed by atoms with Crippen LogP contribution in [0.3, 0.4) is 0 Å². The first-order chi connectivity index (χ1) is 9.10. The summed E-state index contributed by atoms with van der Waals surface area (Å²) in [6.45, 7) is 4.33. The zero-order valence-electron chi connectivity index (χ0n) is 11.5. The molecule has 6 heteroatoms. The van der Waals surface area contributed by atoms with Crippen molar-refractivity contribution in [3.05, 3.63) is 23.4 Å². The summed E-state index contributed by atoms with van der Waals surface area (Å²) in [5.41, 5.74) is 1.33. The fourth-order valence-electron chi connectivity index (χ4n) is 1.55. The number of nitrogens with zero attached hydrogens (tertiary/aromatic N) is 1. The molecule has 0 spiro atoms. The van der Waals surface area contributed by atoms with Crippen LogP contribution in [0.4, 0.5) is 5.82 Å². The lowest BCUT2D eigenvalue weighted by molar-refractivity contribution is -0.120. The van der Waals surface area contributed by atoms with E-state index in [0.717, 1.165) is 12.1 Å². The normalized spacial score (nSPS) is 9.84. The number of pyridine rings is 1. The average molecular weight is 264 g/mol. The molecule has 0 saturated carbocycles. The molecule has 6 nitrogen and oxygen atoms in total. The van der Waals surface area contributed by atoms with Crippen LogP contribution in [0.2, 0.25) is 0 Å². The lowest BCUT2D eigenvalue weighted by Gasteiger charge is -2.08. The number of carbonyl (C=O) groups is 2. The second-order valence-corrected chi connectivity index (χ2v) is 3.97. The molecule has 0 aromatic carbocycles. The minimum Gasteiger partial charge on any atom is -0.373 e. The van der Waals surface area contributed by atoms with Gasteiger partial charge in [0.05, 0.1) is 6.54 Å². The number of hydrogen-bond donors (Lipinski definition) is 3. The highest BCUT2D eigenvalue weighted by Gasteiger charge is 2.10. The van der Waals surface area contributed by atoms with Gasteiger partial charge in [-0.05, 0) is 25.5 Å². The molecule has 0 aliphatic heterocycles. The molecule has 2 amide bonds. The van der Waals surface area contributed by atoms with Crippen molar-refractivity contribution in [3.8, 4) is 0 Å². The van der Waals surface area contributed by atoms with Gasteiger partial charge in [0.1, 0.15) is 5.82 Å². The van der Waals surface area contributed by atoms with Gasteiger partial charge in [-0.2, -0.15) is 0 Å². The molecule has 0 bridgehead atoms. The summed E-state index contributed by atoms with van der Waals surface area (Å²) in [6.07, 6.45) is 0.742. The molecule has 1 aromatic heterocycles. The van der Waals surface area contributed by atoms with Crippen LogP contribution in [0.1, 0.15) is 29.9 Å². The quantitative estimate of drug-likeness (QED) is 0.700. The van der Waals surface area contributed by atoms with Crippen LogP contribution in [-0.4, -0.2) is 36.9 Å². The third-order valence-electron chi connectivity index (χ3n) is 2.54. The summed E-state index contributed by atoms with van der Waals surface area (Å²) in [7, 11) is 1.75. The summed E-state index contributed by atoms with van der Waals surface area (Å²) in [4.78, 5) is 27.5. The Labute approximate surface area is 113 Å². The molecular weight excluding hydrogens is 244 g/mol. The van der Waals surface area contributed by atoms with Gasteiger partial charge in [-0.15, -0.1) is 0 Å². The van der Waals surface area contributed by atoms with Crippen LogP contribution in [-0.2, 0) is 11.2 Å². The second-order valence-electron chi connectivity index (χ2n) is 3.97. The Bertz CT molecular complexity index is 438. The number of aromatic nitrogens is 1. The highest BCUT2D eigenvalue weighted by molar-refractivity contribution is 5.97. The Morgan fingerprint density at radius 2 is 1.95 bits per heavy atom. The molecule has 1 rings (SSSR count). The lowest BCUT2D eigenvalue weighted by atomic mass is 10.2. The van der Waals surface area contributed by atoms with Crippen molar-refractivity contribution in [1.82, 2.24) is 15.6 Å². The van der Waals surface area contributed by atoms with Gasteiger partial charge in [0.25, 0.3) is 5.91 Å². The van der Waals surface area contributed by atoms with Crippen molar-refractivity contribution in [1.29, 1.82) is 0 Å². The van der Waals surface area contributed by atoms with E-state index >= 15 is 0 Å². The monoisotopic (exact) mass is 264 g/mol. The van der Waals surface area contributed by atoms with E-state index in [-0.39, 0.29) is 18.4 Å². The van der Waals surface area contributed by atoms with Crippen LogP contribution >= 0.6 is 0 Å². The summed E-state index contributed by atoms with van der Waals surface area (Å²) in [5, 5.41) is 8.11. The summed E-state index contributed by atoms with van der Waals surface area (Å²) >= 11 is 0. The maximum absolute atomic E-state index is 11.9. The van der Waals surface area contributed by atoms with Gasteiger partial charge in [0, 0.05) is 24.8 Å². The number of carbonyl (C=O) groups excluding carboxylic acids is 2. The molecule has 0 atom stereocenters. The molecule has 0 saturated heterocycles. The Morgan fingerprint density at radius 3 is 2.53 bits per heavy atom. The minimum atomic E-state index is -0.278. The summed E-state index contributed by atoms with van der Waals surface area (Å²) in [6, 6.07) is 3.39. The molecule has 19 heavy (non-hydrogen) atoms. The summed E-state index contributed by atoms with van der Waals surface area (Å²) in [5.74, 6) is 0.164. The van der Waals surface area contributed by atoms with E-state index in [2.05, 4.69) is 20.9 Å². The highest BCUT2D eigenvalue weighted by atomic mass is 16.2. The number of nitrogens with one attached hydrogen (secondary N) is 3. The Kier molecular flexibility index (Phi) is 5.78. The minimum absolute atomic E-state index is 0.0225. The standard InChI is InChI=1S/C13H20N4O2/c1-4-10-6-9(7-11(14-3)17-10)13(19)16-8-12(18)15-5-2/h6-7H,4-5,8H2,1-3H3,(H,14,17)(H,15,18)(H,16,19). The first-order valence-corrected chi connectivity index (χ1v) is 6.34. The predicted molar refractivity (Wildman–Crippen MR) is 74.2 cm³/mol. The maximum Gasteiger partial charge on any atom is 0.251 e. The fourth-order valence-corrected chi connectivity index (χ4v) is 1.55. The molecule has 3 N–H and O–H groups in total. The lowest BCUT2D eigenvalue weighted by Crippen LogP contribution is -2.36. The second kappa shape index (κ2) is 7.35. The molecule has 1 heterocycles. The van der Waals surface area contributed by atoms with Crippen molar-refractivity contribution in [2.45, 2.75) is 20.3 Å². The van der Waals surface area contributed by atoms with Crippen LogP contribution in [0.15, 0.2) is 12.1 Å². The van der Waals surface area contributed by atoms with Crippen LogP contribution in [0.5, 0.6) is 0 Å². The Balaban J connectivity index is 2.73. The van der Waals surface area contributed by atoms with E-state index in [1.165, 1.54) is 0 Å². The molecule has 0 radical (unpaired) electrons. The Morgan fingerprint density at radius 1 is 1.21 bits per heavy atom. The third-order valence-corrected chi connectivity index (χ3v) is 2.54. The van der Waals surface area contributed by atoms with Gasteiger partial charge in [-0.1, -0.05) is 6.92 Å². The van der Waals surface area contributed by atoms with Crippen molar-refractivity contribution < 1.29 is 9.59 Å². The fraction of sp³-hybridized carbons (Fsp3) is 0.462. The van der Waals surface area contributed by atoms with Crippen LogP contribution in [0.25, 0.3) is 0 Å². The zero-order chi connectivity index (χ0) is 14.3. The van der Waals surface area contributed by atoms with Crippen molar-refractivity contribution in [2.75, 3.05) is 25.5 Å². The van der Waals surface area contributed by atoms with Crippen LogP contribution < -0.4 is 16.0 Å². The molecule has 104 valence electrons. The zero-order valence-corrected chi connectivity index (χ0v) is 11.5. The SMILES string of the molecule is CCNC(=O)CNC(=O)c1cc(CC)nc(NC)c1. The molecule has 1 aromatic rings. The van der Waals surface area contributed by atoms with E-state index in [0.29, 0.717) is 17.9 Å². The van der Waals surface area contributed by atoms with Gasteiger partial charge < -0.3 is 16.0 Å². The van der Waals surface area contributed by atoms with Gasteiger partial charge in [-0.3, -0.25) is 9.59 Å². The number of hydrogen-bond acceptors (Lipinski definition) is 4.